The van der Waals surface area contributed by atoms with Crippen LogP contribution >= 0.6 is 0 Å². The molecule has 4 fully saturated rings. The van der Waals surface area contributed by atoms with Gasteiger partial charge in [0.1, 0.15) is 48.6 Å². The number of nitrogens with zero attached hydrogens (tertiary/aromatic N) is 6. The van der Waals surface area contributed by atoms with Gasteiger partial charge in [0.15, 0.2) is 12.1 Å². The molecule has 3 aromatic carbocycles. The summed E-state index contributed by atoms with van der Waals surface area (Å²) >= 11 is 0. The molecule has 3 amide bonds. The molecule has 9 rings (SSSR count). The van der Waals surface area contributed by atoms with E-state index in [1.54, 1.807) is 24.4 Å². The van der Waals surface area contributed by atoms with E-state index >= 15 is 4.39 Å². The molecule has 0 spiro atoms. The van der Waals surface area contributed by atoms with Crippen LogP contribution in [0.3, 0.4) is 0 Å². The highest BCUT2D eigenvalue weighted by Crippen LogP contribution is 2.45. The van der Waals surface area contributed by atoms with Crippen molar-refractivity contribution < 1.29 is 47.4 Å². The van der Waals surface area contributed by atoms with E-state index < -0.39 is 29.5 Å². The number of ether oxygens (including phenoxy) is 1. The second-order valence-electron chi connectivity index (χ2n) is 20.1. The highest BCUT2D eigenvalue weighted by atomic mass is 19.1. The number of likely N-dealkylation sites (N-methyl/N-ethyl adjacent to an activating group) is 3. The molecule has 2 aromatic heterocycles. The fraction of sp³-hybridized carbons (Fsp3) is 0.431. The third-order valence-corrected chi connectivity index (χ3v) is 15.1. The zero-order chi connectivity index (χ0) is 56.1. The first-order valence-corrected chi connectivity index (χ1v) is 26.2. The molecule has 5 aromatic rings. The topological polar surface area (TPSA) is 228 Å². The number of halogens is 2. The fourth-order valence-corrected chi connectivity index (χ4v) is 11.3. The summed E-state index contributed by atoms with van der Waals surface area (Å²) < 4.78 is 38.1. The minimum absolute atomic E-state index is 0.0468. The normalized spacial score (nSPS) is 19.6. The Morgan fingerprint density at radius 1 is 1.05 bits per heavy atom. The van der Waals surface area contributed by atoms with Crippen LogP contribution in [-0.2, 0) is 19.2 Å². The third kappa shape index (κ3) is 12.7. The zero-order valence-electron chi connectivity index (χ0n) is 44.4. The second-order valence-corrected chi connectivity index (χ2v) is 20.1. The number of carbonyl (C=O) groups is 6. The number of hydrogen-bond donors (Lipinski definition) is 5. The number of unbranched alkanes of at least 4 members (excludes halogenated alkanes) is 2. The number of terminal acetylenes is 1. The average molecular weight is 1070 g/mol. The van der Waals surface area contributed by atoms with E-state index in [0.717, 1.165) is 64.7 Å². The maximum Gasteiger partial charge on any atom is 0.319 e. The standard InChI is InChI=1S/C36H37F2N7O.C21H29N3O6.CH2O/c1-4-26-29(37)11-8-22-6-5-7-27(30(22)26)32-31(38)33-28(16-40-32)34(44-18-23-9-10-24(19-44)41-23)43-35(42-33)46-20-36-13-12-25(15-39-3)45(36)17-21(2)14-36;1-22-20(29)18(7-6-12-26)24(2)21(30)17-13-16(10-9-15(17)14-27)23-19(28)8-4-3-5-11-25;1-2/h1,5-8,11,16,23-25,39,41H,2,9-10,12-15,17-20H2,3H3;9-10,12-14,18,25H,3-8,11H2,1-2H3,(H,22,29)(H,23,28);1H2. The molecule has 5 atom stereocenters. The fourth-order valence-electron chi connectivity index (χ4n) is 11.3. The number of amides is 3. The molecule has 18 nitrogen and oxygen atoms in total. The van der Waals surface area contributed by atoms with E-state index in [9.17, 15) is 28.4 Å². The molecule has 78 heavy (non-hydrogen) atoms. The molecule has 4 aliphatic rings. The summed E-state index contributed by atoms with van der Waals surface area (Å²) in [7, 11) is 4.84. The van der Waals surface area contributed by atoms with Crippen molar-refractivity contribution in [2.24, 2.45) is 0 Å². The Morgan fingerprint density at radius 3 is 2.51 bits per heavy atom. The molecule has 6 heterocycles. The van der Waals surface area contributed by atoms with Crippen LogP contribution in [0, 0.1) is 24.0 Å². The van der Waals surface area contributed by atoms with Crippen molar-refractivity contribution >= 4 is 70.3 Å². The zero-order valence-corrected chi connectivity index (χ0v) is 44.4. The number of hydrogen-bond acceptors (Lipinski definition) is 15. The summed E-state index contributed by atoms with van der Waals surface area (Å²) in [5.41, 5.74) is 2.20. The van der Waals surface area contributed by atoms with Crippen LogP contribution in [0.25, 0.3) is 32.9 Å². The number of aliphatic hydroxyl groups is 1. The van der Waals surface area contributed by atoms with Gasteiger partial charge in [-0.15, -0.1) is 6.42 Å². The molecule has 2 bridgehead atoms. The lowest BCUT2D eigenvalue weighted by atomic mass is 9.94. The summed E-state index contributed by atoms with van der Waals surface area (Å²) in [6.45, 7) is 10.0. The number of piperazine rings is 1. The van der Waals surface area contributed by atoms with Gasteiger partial charge < -0.3 is 50.5 Å². The summed E-state index contributed by atoms with van der Waals surface area (Å²) in [5.74, 6) is 0.683. The Labute approximate surface area is 452 Å². The number of carbonyl (C=O) groups excluding carboxylic acids is 6. The Bertz CT molecular complexity index is 3070. The lowest BCUT2D eigenvalue weighted by Gasteiger charge is -2.35. The number of nitrogens with one attached hydrogen (secondary N) is 4. The number of aliphatic hydroxyl groups excluding tert-OH is 1. The minimum atomic E-state index is -0.878. The van der Waals surface area contributed by atoms with Crippen molar-refractivity contribution in [3.63, 3.8) is 0 Å². The van der Waals surface area contributed by atoms with Crippen LogP contribution in [0.1, 0.15) is 96.9 Å². The van der Waals surface area contributed by atoms with E-state index in [2.05, 4.69) is 48.6 Å². The van der Waals surface area contributed by atoms with Crippen molar-refractivity contribution in [1.82, 2.24) is 40.7 Å². The molecule has 5 N–H and O–H groups in total. The van der Waals surface area contributed by atoms with Gasteiger partial charge in [-0.2, -0.15) is 9.97 Å². The molecule has 0 radical (unpaired) electrons. The van der Waals surface area contributed by atoms with Gasteiger partial charge in [0, 0.05) is 106 Å². The maximum absolute atomic E-state index is 16.8. The van der Waals surface area contributed by atoms with Gasteiger partial charge in [-0.3, -0.25) is 29.1 Å². The molecule has 4 saturated heterocycles. The number of benzene rings is 3. The van der Waals surface area contributed by atoms with Crippen LogP contribution < -0.4 is 30.9 Å². The smallest absolute Gasteiger partial charge is 0.319 e. The minimum Gasteiger partial charge on any atom is -0.461 e. The summed E-state index contributed by atoms with van der Waals surface area (Å²) in [5, 5.41) is 22.6. The van der Waals surface area contributed by atoms with Gasteiger partial charge in [-0.1, -0.05) is 48.8 Å². The van der Waals surface area contributed by atoms with Gasteiger partial charge in [0.05, 0.1) is 22.1 Å². The highest BCUT2D eigenvalue weighted by molar-refractivity contribution is 6.05. The Balaban J connectivity index is 0.000000241. The molecule has 4 aliphatic heterocycles. The molecule has 20 heteroatoms. The molecule has 5 unspecified atom stereocenters. The lowest BCUT2D eigenvalue weighted by molar-refractivity contribution is -0.125. The van der Waals surface area contributed by atoms with Crippen LogP contribution in [0.2, 0.25) is 0 Å². The number of aldehydes is 2. The second kappa shape index (κ2) is 26.7. The van der Waals surface area contributed by atoms with E-state index in [-0.39, 0.29) is 71.2 Å². The Hall–Kier alpha value is -7.57. The quantitative estimate of drug-likeness (QED) is 0.0270. The molecule has 412 valence electrons. The molecule has 0 saturated carbocycles. The number of pyridine rings is 1. The van der Waals surface area contributed by atoms with Gasteiger partial charge >= 0.3 is 6.01 Å². The number of anilines is 2. The maximum atomic E-state index is 16.8. The van der Waals surface area contributed by atoms with E-state index in [1.165, 1.54) is 48.8 Å². The number of rotatable bonds is 20. The van der Waals surface area contributed by atoms with E-state index in [4.69, 9.17) is 31.0 Å². The predicted octanol–water partition coefficient (Wildman–Crippen LogP) is 5.78. The predicted molar refractivity (Wildman–Crippen MR) is 294 cm³/mol. The molecule has 0 aliphatic carbocycles. The summed E-state index contributed by atoms with van der Waals surface area (Å²) in [4.78, 5) is 87.5. The summed E-state index contributed by atoms with van der Waals surface area (Å²) in [6.07, 6.45) is 16.1. The first-order valence-electron chi connectivity index (χ1n) is 26.2. The largest absolute Gasteiger partial charge is 0.461 e. The highest BCUT2D eigenvalue weighted by Gasteiger charge is 2.51. The Morgan fingerprint density at radius 2 is 1.82 bits per heavy atom. The van der Waals surface area contributed by atoms with Crippen LogP contribution in [0.5, 0.6) is 6.01 Å². The first-order chi connectivity index (χ1) is 37.8. The SMILES string of the molecule is C#Cc1c(F)ccc2cccc(-c3ncc4c(N5CC6CCC(C5)N6)nc(OCC56CCC(CNC)N5CC(=C)C6)nc4c3F)c12.C=O.CNC(=O)C(CCC=O)N(C)C(=O)c1cc(NC(=O)CCCCCO)ccc1C=O. The van der Waals surface area contributed by atoms with E-state index in [1.807, 2.05) is 19.9 Å². The lowest BCUT2D eigenvalue weighted by Crippen LogP contribution is -2.51. The van der Waals surface area contributed by atoms with E-state index in [0.29, 0.717) is 83.4 Å². The monoisotopic (exact) mass is 1070 g/mol. The van der Waals surface area contributed by atoms with Crippen LogP contribution in [-0.4, -0.2) is 157 Å². The van der Waals surface area contributed by atoms with Crippen LogP contribution in [0.4, 0.5) is 20.3 Å². The first kappa shape index (κ1) is 58.1. The van der Waals surface area contributed by atoms with Crippen molar-refractivity contribution in [2.45, 2.75) is 100 Å². The summed E-state index contributed by atoms with van der Waals surface area (Å²) in [6, 6.07) is 13.0. The van der Waals surface area contributed by atoms with Crippen molar-refractivity contribution in [3.8, 4) is 29.6 Å². The third-order valence-electron chi connectivity index (χ3n) is 15.1. The van der Waals surface area contributed by atoms with Crippen molar-refractivity contribution in [1.29, 1.82) is 0 Å². The molecular weight excluding hydrogens is 1000 g/mol. The number of aromatic nitrogens is 3. The van der Waals surface area contributed by atoms with Gasteiger partial charge in [-0.25, -0.2) is 8.78 Å². The Kier molecular flexibility index (Phi) is 19.9. The average Bonchev–Trinajstić information content (AvgIpc) is 4.25. The van der Waals surface area contributed by atoms with Gasteiger partial charge in [-0.05, 0) is 88.1 Å². The molecular formula is C58H68F2N10O8. The van der Waals surface area contributed by atoms with Gasteiger partial charge in [0.25, 0.3) is 5.91 Å². The van der Waals surface area contributed by atoms with Crippen molar-refractivity contribution in [2.75, 3.05) is 70.8 Å². The van der Waals surface area contributed by atoms with Crippen molar-refractivity contribution in [3.05, 3.63) is 95.2 Å². The van der Waals surface area contributed by atoms with Gasteiger partial charge in [0.2, 0.25) is 11.8 Å². The van der Waals surface area contributed by atoms with Crippen LogP contribution in [0.15, 0.2) is 66.9 Å². The number of fused-ring (bicyclic) bond motifs is 5.